The van der Waals surface area contributed by atoms with Gasteiger partial charge in [0.2, 0.25) is 5.89 Å². The number of rotatable bonds is 5. The number of nitrogens with one attached hydrogen (secondary N) is 1. The maximum atomic E-state index is 11.0. The molecular formula is C11H15N5O3. The monoisotopic (exact) mass is 265 g/mol. The van der Waals surface area contributed by atoms with E-state index in [9.17, 15) is 4.79 Å². The van der Waals surface area contributed by atoms with Gasteiger partial charge in [0.1, 0.15) is 5.69 Å². The minimum Gasteiger partial charge on any atom is -0.477 e. The third-order valence-electron chi connectivity index (χ3n) is 2.91. The van der Waals surface area contributed by atoms with Crippen LogP contribution < -0.4 is 0 Å². The highest BCUT2D eigenvalue weighted by atomic mass is 16.5. The predicted octanol–water partition coefficient (Wildman–Crippen LogP) is 0.992. The van der Waals surface area contributed by atoms with Gasteiger partial charge in [-0.3, -0.25) is 10.00 Å². The summed E-state index contributed by atoms with van der Waals surface area (Å²) in [6.45, 7) is 4.08. The molecule has 2 N–H and O–H groups in total. The van der Waals surface area contributed by atoms with E-state index in [2.05, 4.69) is 20.3 Å². The highest BCUT2D eigenvalue weighted by Crippen LogP contribution is 2.19. The lowest BCUT2D eigenvalue weighted by Crippen LogP contribution is -2.23. The molecule has 2 aromatic rings. The molecule has 0 aliphatic rings. The fourth-order valence-corrected chi connectivity index (χ4v) is 1.69. The van der Waals surface area contributed by atoms with Crippen LogP contribution in [0.15, 0.2) is 10.7 Å². The van der Waals surface area contributed by atoms with Crippen LogP contribution in [0.3, 0.4) is 0 Å². The molecule has 0 spiro atoms. The van der Waals surface area contributed by atoms with Gasteiger partial charge in [0.25, 0.3) is 0 Å². The Morgan fingerprint density at radius 1 is 1.63 bits per heavy atom. The number of carboxylic acids is 1. The zero-order chi connectivity index (χ0) is 14.0. The number of aromatic carboxylic acids is 1. The molecule has 2 aromatic heterocycles. The molecule has 0 aliphatic carbocycles. The molecule has 1 atom stereocenters. The Hall–Kier alpha value is -2.22. The summed E-state index contributed by atoms with van der Waals surface area (Å²) in [6, 6.07) is -0.113. The summed E-state index contributed by atoms with van der Waals surface area (Å²) in [5.74, 6) is 0.0485. The SMILES string of the molecule is Cc1noc([C@H](C)N(C)Cc2cn[nH]c2C(=O)O)n1. The minimum absolute atomic E-state index is 0.0979. The average Bonchev–Trinajstić information content (AvgIpc) is 2.97. The topological polar surface area (TPSA) is 108 Å². The van der Waals surface area contributed by atoms with Crippen LogP contribution in [0.1, 0.15) is 40.7 Å². The van der Waals surface area contributed by atoms with Crippen molar-refractivity contribution in [3.05, 3.63) is 29.2 Å². The Morgan fingerprint density at radius 2 is 2.37 bits per heavy atom. The van der Waals surface area contributed by atoms with E-state index >= 15 is 0 Å². The third kappa shape index (κ3) is 2.79. The fourth-order valence-electron chi connectivity index (χ4n) is 1.69. The van der Waals surface area contributed by atoms with E-state index in [0.29, 0.717) is 23.8 Å². The Morgan fingerprint density at radius 3 is 2.95 bits per heavy atom. The molecular weight excluding hydrogens is 250 g/mol. The van der Waals surface area contributed by atoms with Crippen molar-refractivity contribution in [3.63, 3.8) is 0 Å². The summed E-state index contributed by atoms with van der Waals surface area (Å²) in [5.41, 5.74) is 0.707. The highest BCUT2D eigenvalue weighted by molar-refractivity contribution is 5.86. The Balaban J connectivity index is 2.10. The summed E-state index contributed by atoms with van der Waals surface area (Å²) >= 11 is 0. The Bertz CT molecular complexity index is 576. The Kier molecular flexibility index (Phi) is 3.61. The van der Waals surface area contributed by atoms with Crippen molar-refractivity contribution in [1.29, 1.82) is 0 Å². The number of hydrogen-bond acceptors (Lipinski definition) is 6. The summed E-state index contributed by atoms with van der Waals surface area (Å²) in [4.78, 5) is 17.0. The van der Waals surface area contributed by atoms with Crippen molar-refractivity contribution in [2.24, 2.45) is 0 Å². The van der Waals surface area contributed by atoms with Crippen molar-refractivity contribution >= 4 is 5.97 Å². The number of hydrogen-bond donors (Lipinski definition) is 2. The van der Waals surface area contributed by atoms with Crippen molar-refractivity contribution in [1.82, 2.24) is 25.2 Å². The molecule has 0 unspecified atom stereocenters. The van der Waals surface area contributed by atoms with Crippen molar-refractivity contribution in [2.75, 3.05) is 7.05 Å². The summed E-state index contributed by atoms with van der Waals surface area (Å²) in [7, 11) is 1.85. The molecule has 8 nitrogen and oxygen atoms in total. The first-order valence-electron chi connectivity index (χ1n) is 5.75. The second-order valence-corrected chi connectivity index (χ2v) is 4.35. The quantitative estimate of drug-likeness (QED) is 0.829. The zero-order valence-electron chi connectivity index (χ0n) is 10.9. The number of nitrogens with zero attached hydrogens (tertiary/aromatic N) is 4. The lowest BCUT2D eigenvalue weighted by molar-refractivity contribution is 0.0687. The van der Waals surface area contributed by atoms with Crippen LogP contribution in [0.2, 0.25) is 0 Å². The minimum atomic E-state index is -1.03. The van der Waals surface area contributed by atoms with E-state index in [4.69, 9.17) is 9.63 Å². The standard InChI is InChI=1S/C11H15N5O3/c1-6(10-13-7(2)15-19-10)16(3)5-8-4-12-14-9(8)11(17)18/h4,6H,5H2,1-3H3,(H,12,14)(H,17,18)/t6-/m0/s1. The maximum absolute atomic E-state index is 11.0. The smallest absolute Gasteiger partial charge is 0.354 e. The highest BCUT2D eigenvalue weighted by Gasteiger charge is 2.21. The summed E-state index contributed by atoms with van der Waals surface area (Å²) in [6.07, 6.45) is 1.51. The second kappa shape index (κ2) is 5.19. The van der Waals surface area contributed by atoms with Crippen LogP contribution >= 0.6 is 0 Å². The van der Waals surface area contributed by atoms with E-state index in [0.717, 1.165) is 0 Å². The molecule has 0 bridgehead atoms. The van der Waals surface area contributed by atoms with E-state index in [1.54, 1.807) is 6.92 Å². The molecule has 0 amide bonds. The van der Waals surface area contributed by atoms with Gasteiger partial charge in [0.15, 0.2) is 5.82 Å². The molecule has 0 aliphatic heterocycles. The molecule has 0 aromatic carbocycles. The number of aromatic amines is 1. The molecule has 19 heavy (non-hydrogen) atoms. The van der Waals surface area contributed by atoms with Crippen molar-refractivity contribution in [3.8, 4) is 0 Å². The first-order chi connectivity index (χ1) is 8.99. The fraction of sp³-hybridized carbons (Fsp3) is 0.455. The normalized spacial score (nSPS) is 12.8. The van der Waals surface area contributed by atoms with Gasteiger partial charge in [-0.15, -0.1) is 0 Å². The molecule has 102 valence electrons. The van der Waals surface area contributed by atoms with Crippen molar-refractivity contribution in [2.45, 2.75) is 26.4 Å². The van der Waals surface area contributed by atoms with E-state index in [-0.39, 0.29) is 11.7 Å². The van der Waals surface area contributed by atoms with Crippen LogP contribution in [0, 0.1) is 6.92 Å². The van der Waals surface area contributed by atoms with Gasteiger partial charge in [0.05, 0.1) is 12.2 Å². The van der Waals surface area contributed by atoms with Crippen LogP contribution in [-0.2, 0) is 6.54 Å². The molecule has 2 heterocycles. The lowest BCUT2D eigenvalue weighted by Gasteiger charge is -2.20. The third-order valence-corrected chi connectivity index (χ3v) is 2.91. The number of aromatic nitrogens is 4. The van der Waals surface area contributed by atoms with E-state index < -0.39 is 5.97 Å². The van der Waals surface area contributed by atoms with Gasteiger partial charge in [-0.2, -0.15) is 10.1 Å². The van der Waals surface area contributed by atoms with Crippen LogP contribution in [0.5, 0.6) is 0 Å². The molecule has 8 heteroatoms. The van der Waals surface area contributed by atoms with Crippen LogP contribution in [0.4, 0.5) is 0 Å². The second-order valence-electron chi connectivity index (χ2n) is 4.35. The van der Waals surface area contributed by atoms with E-state index in [1.807, 2.05) is 18.9 Å². The number of carbonyl (C=O) groups is 1. The van der Waals surface area contributed by atoms with Gasteiger partial charge in [0, 0.05) is 12.1 Å². The first kappa shape index (κ1) is 13.2. The van der Waals surface area contributed by atoms with Gasteiger partial charge >= 0.3 is 5.97 Å². The van der Waals surface area contributed by atoms with Crippen LogP contribution in [0.25, 0.3) is 0 Å². The predicted molar refractivity (Wildman–Crippen MR) is 64.5 cm³/mol. The number of aryl methyl sites for hydroxylation is 1. The summed E-state index contributed by atoms with van der Waals surface area (Å²) < 4.78 is 5.10. The Labute approximate surface area is 109 Å². The number of carboxylic acid groups (broad SMARTS) is 1. The largest absolute Gasteiger partial charge is 0.477 e. The zero-order valence-corrected chi connectivity index (χ0v) is 10.9. The molecule has 2 rings (SSSR count). The lowest BCUT2D eigenvalue weighted by atomic mass is 10.2. The van der Waals surface area contributed by atoms with Crippen molar-refractivity contribution < 1.29 is 14.4 Å². The average molecular weight is 265 g/mol. The van der Waals surface area contributed by atoms with Gasteiger partial charge < -0.3 is 9.63 Å². The van der Waals surface area contributed by atoms with Gasteiger partial charge in [-0.05, 0) is 20.9 Å². The molecule has 0 saturated carbocycles. The maximum Gasteiger partial charge on any atom is 0.354 e. The summed E-state index contributed by atoms with van der Waals surface area (Å²) in [5, 5.41) is 18.9. The van der Waals surface area contributed by atoms with Gasteiger partial charge in [-0.25, -0.2) is 4.79 Å². The number of H-pyrrole nitrogens is 1. The van der Waals surface area contributed by atoms with E-state index in [1.165, 1.54) is 6.20 Å². The molecule has 0 saturated heterocycles. The first-order valence-corrected chi connectivity index (χ1v) is 5.75. The molecule has 0 radical (unpaired) electrons. The molecule has 0 fully saturated rings. The van der Waals surface area contributed by atoms with Gasteiger partial charge in [-0.1, -0.05) is 5.16 Å². The van der Waals surface area contributed by atoms with Crippen LogP contribution in [-0.4, -0.2) is 43.4 Å².